The lowest BCUT2D eigenvalue weighted by Gasteiger charge is -2.27. The van der Waals surface area contributed by atoms with E-state index in [1.807, 2.05) is 33.8 Å². The van der Waals surface area contributed by atoms with Crippen LogP contribution in [0, 0.1) is 17.0 Å². The van der Waals surface area contributed by atoms with Gasteiger partial charge in [0.15, 0.2) is 0 Å². The van der Waals surface area contributed by atoms with Crippen molar-refractivity contribution >= 4 is 29.0 Å². The molecule has 7 heteroatoms. The molecule has 2 aromatic rings. The van der Waals surface area contributed by atoms with Crippen molar-refractivity contribution in [3.8, 4) is 5.75 Å². The van der Waals surface area contributed by atoms with E-state index in [0.29, 0.717) is 11.3 Å². The molecule has 1 heterocycles. The van der Waals surface area contributed by atoms with E-state index in [-0.39, 0.29) is 28.5 Å². The number of thioether (sulfide) groups is 1. The number of nitro benzene ring substituents is 1. The van der Waals surface area contributed by atoms with Gasteiger partial charge >= 0.3 is 0 Å². The second-order valence-corrected chi connectivity index (χ2v) is 8.43. The normalized spacial score (nSPS) is 19.7. The van der Waals surface area contributed by atoms with Crippen molar-refractivity contribution in [1.82, 2.24) is 0 Å². The van der Waals surface area contributed by atoms with Gasteiger partial charge in [0.25, 0.3) is 5.69 Å². The number of nitro groups is 1. The van der Waals surface area contributed by atoms with Crippen LogP contribution in [0.1, 0.15) is 48.8 Å². The van der Waals surface area contributed by atoms with Crippen LogP contribution in [0.25, 0.3) is 0 Å². The monoisotopic (exact) mass is 386 g/mol. The number of phenolic OH excluding ortho intramolecular Hbond substituents is 1. The summed E-state index contributed by atoms with van der Waals surface area (Å²) < 4.78 is 0. The molecule has 3 rings (SSSR count). The third kappa shape index (κ3) is 3.39. The molecule has 0 aliphatic carbocycles. The second-order valence-electron chi connectivity index (χ2n) is 7.01. The predicted molar refractivity (Wildman–Crippen MR) is 107 cm³/mol. The molecule has 142 valence electrons. The zero-order valence-corrected chi connectivity index (χ0v) is 16.5. The van der Waals surface area contributed by atoms with Crippen LogP contribution < -0.4 is 4.90 Å². The fraction of sp³-hybridized carbons (Fsp3) is 0.350. The highest BCUT2D eigenvalue weighted by atomic mass is 32.2. The number of aromatic hydroxyl groups is 1. The summed E-state index contributed by atoms with van der Waals surface area (Å²) in [5, 5.41) is 20.9. The molecular formula is C20H22N2O4S. The Morgan fingerprint density at radius 1 is 1.26 bits per heavy atom. The fourth-order valence-corrected chi connectivity index (χ4v) is 4.67. The minimum absolute atomic E-state index is 0.00224. The van der Waals surface area contributed by atoms with Gasteiger partial charge in [0.05, 0.1) is 15.7 Å². The number of para-hydroxylation sites is 1. The molecule has 1 saturated heterocycles. The van der Waals surface area contributed by atoms with E-state index >= 15 is 0 Å². The van der Waals surface area contributed by atoms with Crippen LogP contribution in [0.3, 0.4) is 0 Å². The van der Waals surface area contributed by atoms with Crippen LogP contribution in [-0.2, 0) is 4.79 Å². The Kier molecular flexibility index (Phi) is 5.15. The van der Waals surface area contributed by atoms with E-state index in [2.05, 4.69) is 0 Å². The minimum Gasteiger partial charge on any atom is -0.508 e. The van der Waals surface area contributed by atoms with E-state index in [4.69, 9.17) is 0 Å². The first kappa shape index (κ1) is 19.2. The summed E-state index contributed by atoms with van der Waals surface area (Å²) in [5.74, 6) is 0.184. The van der Waals surface area contributed by atoms with E-state index in [9.17, 15) is 20.0 Å². The number of carbonyl (C=O) groups is 1. The molecule has 2 atom stereocenters. The van der Waals surface area contributed by atoms with Crippen molar-refractivity contribution in [3.63, 3.8) is 0 Å². The highest BCUT2D eigenvalue weighted by Crippen LogP contribution is 2.49. The Morgan fingerprint density at radius 2 is 1.93 bits per heavy atom. The number of rotatable bonds is 4. The Balaban J connectivity index is 2.17. The molecule has 6 nitrogen and oxygen atoms in total. The lowest BCUT2D eigenvalue weighted by atomic mass is 9.98. The second kappa shape index (κ2) is 7.23. The fourth-order valence-electron chi connectivity index (χ4n) is 3.36. The van der Waals surface area contributed by atoms with Crippen LogP contribution >= 0.6 is 11.8 Å². The van der Waals surface area contributed by atoms with Crippen molar-refractivity contribution < 1.29 is 14.8 Å². The molecule has 27 heavy (non-hydrogen) atoms. The van der Waals surface area contributed by atoms with Gasteiger partial charge in [-0.2, -0.15) is 0 Å². The summed E-state index contributed by atoms with van der Waals surface area (Å²) in [4.78, 5) is 25.7. The Bertz CT molecular complexity index is 913. The Morgan fingerprint density at radius 3 is 2.56 bits per heavy atom. The van der Waals surface area contributed by atoms with Crippen molar-refractivity contribution in [2.75, 3.05) is 4.90 Å². The molecule has 0 bridgehead atoms. The van der Waals surface area contributed by atoms with Gasteiger partial charge in [-0.1, -0.05) is 26.0 Å². The maximum Gasteiger partial charge on any atom is 0.275 e. The molecule has 2 unspecified atom stereocenters. The molecular weight excluding hydrogens is 364 g/mol. The first-order valence-corrected chi connectivity index (χ1v) is 9.72. The standard InChI is InChI=1S/C20H22N2O4S/c1-11(2)15-10-17(12(3)9-18(15)23)21-19(24)13(4)27-20(21)14-7-5-6-8-16(14)22(25)26/h5-11,13,20,23H,1-4H3. The first-order chi connectivity index (χ1) is 12.7. The number of amides is 1. The average molecular weight is 386 g/mol. The van der Waals surface area contributed by atoms with Gasteiger partial charge in [-0.25, -0.2) is 0 Å². The maximum atomic E-state index is 13.0. The van der Waals surface area contributed by atoms with E-state index in [0.717, 1.165) is 11.1 Å². The molecule has 0 radical (unpaired) electrons. The molecule has 2 aromatic carbocycles. The van der Waals surface area contributed by atoms with E-state index < -0.39 is 10.3 Å². The summed E-state index contributed by atoms with van der Waals surface area (Å²) in [6.07, 6.45) is 0. The molecule has 1 aliphatic heterocycles. The summed E-state index contributed by atoms with van der Waals surface area (Å²) in [7, 11) is 0. The van der Waals surface area contributed by atoms with Gasteiger partial charge in [-0.05, 0) is 49.1 Å². The molecule has 1 aliphatic rings. The van der Waals surface area contributed by atoms with E-state index in [1.165, 1.54) is 17.8 Å². The highest BCUT2D eigenvalue weighted by Gasteiger charge is 2.42. The number of benzene rings is 2. The van der Waals surface area contributed by atoms with Crippen molar-refractivity contribution in [2.24, 2.45) is 0 Å². The topological polar surface area (TPSA) is 83.7 Å². The smallest absolute Gasteiger partial charge is 0.275 e. The summed E-state index contributed by atoms with van der Waals surface area (Å²) in [6.45, 7) is 7.58. The molecule has 0 saturated carbocycles. The number of nitrogens with zero attached hydrogens (tertiary/aromatic N) is 2. The predicted octanol–water partition coefficient (Wildman–Crippen LogP) is 4.90. The number of anilines is 1. The highest BCUT2D eigenvalue weighted by molar-refractivity contribution is 8.01. The average Bonchev–Trinajstić information content (AvgIpc) is 2.90. The van der Waals surface area contributed by atoms with Crippen LogP contribution in [0.4, 0.5) is 11.4 Å². The van der Waals surface area contributed by atoms with Crippen molar-refractivity contribution in [2.45, 2.75) is 44.2 Å². The van der Waals surface area contributed by atoms with Gasteiger partial charge in [0, 0.05) is 11.8 Å². The Hall–Kier alpha value is -2.54. The number of phenols is 1. The number of aryl methyl sites for hydroxylation is 1. The minimum atomic E-state index is -0.489. The number of carbonyl (C=O) groups excluding carboxylic acids is 1. The summed E-state index contributed by atoms with van der Waals surface area (Å²) in [6, 6.07) is 10.0. The molecule has 1 amide bonds. The lowest BCUT2D eigenvalue weighted by molar-refractivity contribution is -0.385. The van der Waals surface area contributed by atoms with Gasteiger partial charge in [-0.3, -0.25) is 19.8 Å². The van der Waals surface area contributed by atoms with Crippen LogP contribution in [-0.4, -0.2) is 21.2 Å². The van der Waals surface area contributed by atoms with Crippen LogP contribution in [0.15, 0.2) is 36.4 Å². The SMILES string of the molecule is Cc1cc(O)c(C(C)C)cc1N1C(=O)C(C)SC1c1ccccc1[N+](=O)[O-]. The van der Waals surface area contributed by atoms with Crippen molar-refractivity contribution in [3.05, 3.63) is 63.2 Å². The summed E-state index contributed by atoms with van der Waals surface area (Å²) >= 11 is 1.40. The summed E-state index contributed by atoms with van der Waals surface area (Å²) in [5.41, 5.74) is 2.69. The largest absolute Gasteiger partial charge is 0.508 e. The Labute approximate surface area is 162 Å². The lowest BCUT2D eigenvalue weighted by Crippen LogP contribution is -2.31. The number of hydrogen-bond donors (Lipinski definition) is 1. The van der Waals surface area contributed by atoms with Crippen LogP contribution in [0.5, 0.6) is 5.75 Å². The number of hydrogen-bond acceptors (Lipinski definition) is 5. The van der Waals surface area contributed by atoms with E-state index in [1.54, 1.807) is 29.2 Å². The molecule has 1 N–H and O–H groups in total. The van der Waals surface area contributed by atoms with Crippen LogP contribution in [0.2, 0.25) is 0 Å². The maximum absolute atomic E-state index is 13.0. The quantitative estimate of drug-likeness (QED) is 0.597. The zero-order valence-electron chi connectivity index (χ0n) is 15.7. The molecule has 0 aromatic heterocycles. The van der Waals surface area contributed by atoms with Gasteiger partial charge in [0.1, 0.15) is 11.1 Å². The first-order valence-electron chi connectivity index (χ1n) is 8.77. The van der Waals surface area contributed by atoms with Gasteiger partial charge < -0.3 is 5.11 Å². The molecule has 1 fully saturated rings. The third-order valence-corrected chi connectivity index (χ3v) is 6.11. The van der Waals surface area contributed by atoms with Gasteiger partial charge in [-0.15, -0.1) is 11.8 Å². The van der Waals surface area contributed by atoms with Gasteiger partial charge in [0.2, 0.25) is 5.91 Å². The molecule has 0 spiro atoms. The van der Waals surface area contributed by atoms with Crippen molar-refractivity contribution in [1.29, 1.82) is 0 Å². The zero-order chi connectivity index (χ0) is 19.9. The third-order valence-electron chi connectivity index (χ3n) is 4.78.